The Kier molecular flexibility index (Phi) is 6.92. The van der Waals surface area contributed by atoms with Crippen LogP contribution in [0, 0.1) is 33.5 Å². The minimum Gasteiger partial charge on any atom is -0.462 e. The molecule has 0 atom stereocenters. The fourth-order valence-electron chi connectivity index (χ4n) is 4.12. The van der Waals surface area contributed by atoms with Crippen molar-refractivity contribution in [1.82, 2.24) is 9.88 Å². The van der Waals surface area contributed by atoms with Crippen LogP contribution in [0.3, 0.4) is 0 Å². The maximum atomic E-state index is 14.4. The standard InChI is InChI=1S/C26H24FN3O4S2/c1-6-34-25(33)21-14(3)16(5)36-24(21)29-13(2)11-17(15(29)4)12-18-22(31)28-26(35)30(23(18)32)20-10-8-7-9-19(20)27/h7-12H,6H2,1-5H3,(H,28,31,35)/b18-12+. The monoisotopic (exact) mass is 525 g/mol. The molecule has 10 heteroatoms. The molecule has 186 valence electrons. The van der Waals surface area contributed by atoms with E-state index in [1.165, 1.54) is 35.6 Å². The number of hydrogen-bond acceptors (Lipinski definition) is 6. The molecule has 0 radical (unpaired) electrons. The quantitative estimate of drug-likeness (QED) is 0.221. The summed E-state index contributed by atoms with van der Waals surface area (Å²) in [6.45, 7) is 9.54. The molecule has 1 fully saturated rings. The van der Waals surface area contributed by atoms with Gasteiger partial charge in [-0.2, -0.15) is 0 Å². The second kappa shape index (κ2) is 9.79. The molecule has 7 nitrogen and oxygen atoms in total. The number of thiocarbonyl (C=S) groups is 1. The van der Waals surface area contributed by atoms with Gasteiger partial charge in [-0.3, -0.25) is 14.9 Å². The van der Waals surface area contributed by atoms with Gasteiger partial charge in [0.25, 0.3) is 11.8 Å². The number of anilines is 1. The van der Waals surface area contributed by atoms with Crippen LogP contribution in [0.15, 0.2) is 35.9 Å². The van der Waals surface area contributed by atoms with E-state index in [9.17, 15) is 18.8 Å². The summed E-state index contributed by atoms with van der Waals surface area (Å²) in [7, 11) is 0. The van der Waals surface area contributed by atoms with E-state index in [0.717, 1.165) is 26.7 Å². The molecule has 1 aliphatic rings. The van der Waals surface area contributed by atoms with Crippen molar-refractivity contribution in [2.75, 3.05) is 11.5 Å². The van der Waals surface area contributed by atoms with Crippen molar-refractivity contribution < 1.29 is 23.5 Å². The number of benzene rings is 1. The predicted molar refractivity (Wildman–Crippen MR) is 141 cm³/mol. The van der Waals surface area contributed by atoms with Crippen molar-refractivity contribution in [2.24, 2.45) is 0 Å². The number of rotatable bonds is 5. The first-order chi connectivity index (χ1) is 17.1. The lowest BCUT2D eigenvalue weighted by molar-refractivity contribution is -0.122. The van der Waals surface area contributed by atoms with Crippen molar-refractivity contribution in [1.29, 1.82) is 0 Å². The zero-order chi connectivity index (χ0) is 26.3. The summed E-state index contributed by atoms with van der Waals surface area (Å²) in [6, 6.07) is 7.53. The number of hydrogen-bond donors (Lipinski definition) is 1. The molecule has 0 spiro atoms. The van der Waals surface area contributed by atoms with Crippen molar-refractivity contribution in [2.45, 2.75) is 34.6 Å². The van der Waals surface area contributed by atoms with E-state index in [0.29, 0.717) is 16.1 Å². The van der Waals surface area contributed by atoms with Crippen LogP contribution in [-0.4, -0.2) is 34.1 Å². The molecule has 1 aliphatic heterocycles. The summed E-state index contributed by atoms with van der Waals surface area (Å²) in [4.78, 5) is 40.8. The number of aromatic nitrogens is 1. The number of carbonyl (C=O) groups excluding carboxylic acids is 3. The Balaban J connectivity index is 1.81. The molecular formula is C26H24FN3O4S2. The number of nitrogens with zero attached hydrogens (tertiary/aromatic N) is 2. The molecule has 3 heterocycles. The third kappa shape index (κ3) is 4.27. The van der Waals surface area contributed by atoms with E-state index in [4.69, 9.17) is 17.0 Å². The Bertz CT molecular complexity index is 1470. The SMILES string of the molecule is CCOC(=O)c1c(-n2c(C)cc(/C=C3\C(=O)NC(=S)N(c4ccccc4F)C3=O)c2C)sc(C)c1C. The predicted octanol–water partition coefficient (Wildman–Crippen LogP) is 4.92. The van der Waals surface area contributed by atoms with Crippen LogP contribution < -0.4 is 10.2 Å². The van der Waals surface area contributed by atoms with E-state index in [1.54, 1.807) is 13.0 Å². The molecule has 2 aromatic heterocycles. The van der Waals surface area contributed by atoms with Gasteiger partial charge in [0.1, 0.15) is 16.4 Å². The molecule has 1 saturated heterocycles. The molecule has 1 N–H and O–H groups in total. The Hall–Kier alpha value is -3.63. The third-order valence-electron chi connectivity index (χ3n) is 6.01. The molecule has 4 rings (SSSR count). The van der Waals surface area contributed by atoms with Crippen LogP contribution in [-0.2, 0) is 14.3 Å². The number of para-hydroxylation sites is 1. The molecule has 0 saturated carbocycles. The third-order valence-corrected chi connectivity index (χ3v) is 7.49. The maximum Gasteiger partial charge on any atom is 0.341 e. The number of carbonyl (C=O) groups is 3. The number of thiophene rings is 1. The summed E-state index contributed by atoms with van der Waals surface area (Å²) >= 11 is 6.63. The normalized spacial score (nSPS) is 15.0. The summed E-state index contributed by atoms with van der Waals surface area (Å²) in [5, 5.41) is 2.99. The van der Waals surface area contributed by atoms with Crippen LogP contribution in [0.2, 0.25) is 0 Å². The fourth-order valence-corrected chi connectivity index (χ4v) is 5.65. The van der Waals surface area contributed by atoms with E-state index in [1.807, 2.05) is 38.3 Å². The Labute approximate surface area is 217 Å². The zero-order valence-corrected chi connectivity index (χ0v) is 22.0. The van der Waals surface area contributed by atoms with Crippen LogP contribution in [0.25, 0.3) is 11.1 Å². The fraction of sp³-hybridized carbons (Fsp3) is 0.231. The zero-order valence-electron chi connectivity index (χ0n) is 20.4. The largest absolute Gasteiger partial charge is 0.462 e. The van der Waals surface area contributed by atoms with Gasteiger partial charge in [0.15, 0.2) is 5.11 Å². The van der Waals surface area contributed by atoms with Gasteiger partial charge in [-0.1, -0.05) is 12.1 Å². The van der Waals surface area contributed by atoms with Crippen molar-refractivity contribution >= 4 is 58.2 Å². The van der Waals surface area contributed by atoms with Gasteiger partial charge in [-0.15, -0.1) is 11.3 Å². The van der Waals surface area contributed by atoms with E-state index in [-0.39, 0.29) is 23.0 Å². The van der Waals surface area contributed by atoms with Gasteiger partial charge in [-0.05, 0) is 82.2 Å². The Morgan fingerprint density at radius 2 is 1.89 bits per heavy atom. The second-order valence-electron chi connectivity index (χ2n) is 8.26. The highest BCUT2D eigenvalue weighted by Gasteiger charge is 2.36. The number of esters is 1. The first kappa shape index (κ1) is 25.5. The van der Waals surface area contributed by atoms with Gasteiger partial charge in [0.05, 0.1) is 17.9 Å². The first-order valence-electron chi connectivity index (χ1n) is 11.2. The molecule has 2 amide bonds. The molecule has 3 aromatic rings. The van der Waals surface area contributed by atoms with Crippen LogP contribution >= 0.6 is 23.6 Å². The highest BCUT2D eigenvalue weighted by molar-refractivity contribution is 7.80. The first-order valence-corrected chi connectivity index (χ1v) is 12.4. The van der Waals surface area contributed by atoms with Gasteiger partial charge < -0.3 is 9.30 Å². The molecule has 0 bridgehead atoms. The maximum absolute atomic E-state index is 14.4. The van der Waals surface area contributed by atoms with Crippen molar-refractivity contribution in [3.8, 4) is 5.00 Å². The minimum absolute atomic E-state index is 0.0486. The van der Waals surface area contributed by atoms with E-state index in [2.05, 4.69) is 5.32 Å². The van der Waals surface area contributed by atoms with Crippen LogP contribution in [0.1, 0.15) is 44.7 Å². The second-order valence-corrected chi connectivity index (χ2v) is 9.84. The summed E-state index contributed by atoms with van der Waals surface area (Å²) in [6.07, 6.45) is 1.46. The minimum atomic E-state index is -0.728. The van der Waals surface area contributed by atoms with Crippen LogP contribution in [0.5, 0.6) is 0 Å². The smallest absolute Gasteiger partial charge is 0.341 e. The number of amides is 2. The average molecular weight is 526 g/mol. The van der Waals surface area contributed by atoms with Gasteiger partial charge in [-0.25, -0.2) is 14.1 Å². The lowest BCUT2D eigenvalue weighted by Crippen LogP contribution is -2.54. The highest BCUT2D eigenvalue weighted by atomic mass is 32.1. The molecule has 0 aliphatic carbocycles. The lowest BCUT2D eigenvalue weighted by Gasteiger charge is -2.29. The summed E-state index contributed by atoms with van der Waals surface area (Å²) in [5.41, 5.74) is 3.23. The number of nitrogens with one attached hydrogen (secondary N) is 1. The van der Waals surface area contributed by atoms with Crippen molar-refractivity contribution in [3.63, 3.8) is 0 Å². The van der Waals surface area contributed by atoms with Gasteiger partial charge in [0, 0.05) is 16.3 Å². The molecule has 0 unspecified atom stereocenters. The van der Waals surface area contributed by atoms with Gasteiger partial charge in [0.2, 0.25) is 0 Å². The lowest BCUT2D eigenvalue weighted by atomic mass is 10.1. The highest BCUT2D eigenvalue weighted by Crippen LogP contribution is 2.35. The Morgan fingerprint density at radius 3 is 2.56 bits per heavy atom. The molecule has 1 aromatic carbocycles. The molecule has 36 heavy (non-hydrogen) atoms. The number of aryl methyl sites for hydroxylation is 2. The number of halogens is 1. The van der Waals surface area contributed by atoms with E-state index >= 15 is 0 Å². The Morgan fingerprint density at radius 1 is 1.19 bits per heavy atom. The van der Waals surface area contributed by atoms with Crippen LogP contribution in [0.4, 0.5) is 10.1 Å². The van der Waals surface area contributed by atoms with Gasteiger partial charge >= 0.3 is 5.97 Å². The summed E-state index contributed by atoms with van der Waals surface area (Å²) in [5.74, 6) is -2.44. The average Bonchev–Trinajstić information content (AvgIpc) is 3.26. The van der Waals surface area contributed by atoms with Crippen molar-refractivity contribution in [3.05, 3.63) is 74.7 Å². The van der Waals surface area contributed by atoms with E-state index < -0.39 is 23.6 Å². The number of ether oxygens (including phenoxy) is 1. The summed E-state index contributed by atoms with van der Waals surface area (Å²) < 4.78 is 21.6. The molecular weight excluding hydrogens is 501 g/mol. The topological polar surface area (TPSA) is 80.6 Å².